The van der Waals surface area contributed by atoms with E-state index >= 15 is 4.57 Å². The monoisotopic (exact) mass is 799 g/mol. The Morgan fingerprint density at radius 1 is 0.737 bits per heavy atom. The van der Waals surface area contributed by atoms with Crippen molar-refractivity contribution in [3.05, 3.63) is 114 Å². The Hall–Kier alpha value is -5.43. The van der Waals surface area contributed by atoms with Gasteiger partial charge in [-0.05, 0) is 41.5 Å². The van der Waals surface area contributed by atoms with Gasteiger partial charge in [0.15, 0.2) is 0 Å². The van der Waals surface area contributed by atoms with Crippen LogP contribution in [0.3, 0.4) is 0 Å². The highest BCUT2D eigenvalue weighted by atomic mass is 31.2. The molecular formula is C42H54N7O7P. The van der Waals surface area contributed by atoms with E-state index in [-0.39, 0.29) is 36.3 Å². The molecule has 1 heterocycles. The first kappa shape index (κ1) is 44.3. The third-order valence-corrected chi connectivity index (χ3v) is 11.9. The van der Waals surface area contributed by atoms with E-state index in [0.717, 1.165) is 10.9 Å². The molecule has 0 saturated carbocycles. The number of fused-ring (bicyclic) bond motifs is 1. The van der Waals surface area contributed by atoms with Crippen molar-refractivity contribution in [2.75, 3.05) is 13.7 Å². The molecule has 7 N–H and O–H groups in total. The van der Waals surface area contributed by atoms with Gasteiger partial charge in [-0.15, -0.1) is 0 Å². The summed E-state index contributed by atoms with van der Waals surface area (Å²) in [5.74, 6) is -4.79. The Labute approximate surface area is 334 Å². The number of nitrogens with one attached hydrogen (secondary N) is 5. The summed E-state index contributed by atoms with van der Waals surface area (Å²) in [4.78, 5) is 71.7. The number of benzene rings is 3. The van der Waals surface area contributed by atoms with Crippen LogP contribution in [-0.4, -0.2) is 72.1 Å². The van der Waals surface area contributed by atoms with Crippen LogP contribution in [0.15, 0.2) is 97.1 Å². The first-order chi connectivity index (χ1) is 27.2. The number of amides is 5. The van der Waals surface area contributed by atoms with Gasteiger partial charge in [-0.3, -0.25) is 28.5 Å². The Morgan fingerprint density at radius 3 is 1.93 bits per heavy atom. The number of para-hydroxylation sites is 1. The molecule has 0 bridgehead atoms. The molecular weight excluding hydrogens is 745 g/mol. The van der Waals surface area contributed by atoms with Crippen molar-refractivity contribution in [1.29, 1.82) is 0 Å². The van der Waals surface area contributed by atoms with Crippen LogP contribution in [0.25, 0.3) is 10.9 Å². The summed E-state index contributed by atoms with van der Waals surface area (Å²) in [6.07, 6.45) is 0.0221. The summed E-state index contributed by atoms with van der Waals surface area (Å²) in [7, 11) is -3.08. The Balaban J connectivity index is 1.67. The lowest BCUT2D eigenvalue weighted by atomic mass is 9.97. The highest BCUT2D eigenvalue weighted by molar-refractivity contribution is 7.57. The number of primary amides is 1. The zero-order valence-corrected chi connectivity index (χ0v) is 34.0. The Bertz CT molecular complexity index is 2030. The number of nitrogens with two attached hydrogens (primary N) is 1. The van der Waals surface area contributed by atoms with E-state index in [1.807, 2.05) is 58.0 Å². The summed E-state index contributed by atoms with van der Waals surface area (Å²) in [5.41, 5.74) is 7.49. The van der Waals surface area contributed by atoms with Crippen LogP contribution < -0.4 is 32.1 Å². The number of hydrogen-bond acceptors (Lipinski definition) is 8. The predicted octanol–water partition coefficient (Wildman–Crippen LogP) is 4.24. The van der Waals surface area contributed by atoms with Crippen molar-refractivity contribution >= 4 is 48.0 Å². The first-order valence-electron chi connectivity index (χ1n) is 19.1. The topological polar surface area (TPSA) is 211 Å². The van der Waals surface area contributed by atoms with Crippen LogP contribution in [0.1, 0.15) is 62.2 Å². The maximum atomic E-state index is 15.1. The third kappa shape index (κ3) is 13.1. The van der Waals surface area contributed by atoms with E-state index in [0.29, 0.717) is 24.0 Å². The molecule has 15 heteroatoms. The fraction of sp³-hybridized carbons (Fsp3) is 0.381. The molecule has 1 aromatic heterocycles. The fourth-order valence-electron chi connectivity index (χ4n) is 6.10. The molecule has 4 rings (SSSR count). The molecule has 0 radical (unpaired) electrons. The third-order valence-electron chi connectivity index (χ3n) is 9.53. The minimum Gasteiger partial charge on any atom is -0.370 e. The van der Waals surface area contributed by atoms with Gasteiger partial charge in [-0.1, -0.05) is 119 Å². The van der Waals surface area contributed by atoms with Crippen molar-refractivity contribution in [1.82, 2.24) is 31.3 Å². The predicted molar refractivity (Wildman–Crippen MR) is 220 cm³/mol. The number of rotatable bonds is 21. The van der Waals surface area contributed by atoms with Crippen LogP contribution in [0.4, 0.5) is 0 Å². The lowest BCUT2D eigenvalue weighted by molar-refractivity contribution is -0.131. The zero-order valence-electron chi connectivity index (χ0n) is 33.1. The second-order valence-electron chi connectivity index (χ2n) is 14.5. The number of hydrogen-bond donors (Lipinski definition) is 6. The maximum Gasteiger partial charge on any atom is 0.292 e. The van der Waals surface area contributed by atoms with Gasteiger partial charge in [0.1, 0.15) is 23.6 Å². The van der Waals surface area contributed by atoms with Crippen LogP contribution in [0.5, 0.6) is 0 Å². The van der Waals surface area contributed by atoms with E-state index in [2.05, 4.69) is 31.3 Å². The quantitative estimate of drug-likeness (QED) is 0.0665. The average Bonchev–Trinajstić information content (AvgIpc) is 3.21. The normalized spacial score (nSPS) is 15.0. The number of pyridine rings is 1. The van der Waals surface area contributed by atoms with Gasteiger partial charge in [-0.25, -0.2) is 10.1 Å². The minimum absolute atomic E-state index is 0.00406. The van der Waals surface area contributed by atoms with E-state index in [4.69, 9.17) is 10.3 Å². The maximum absolute atomic E-state index is 15.1. The largest absolute Gasteiger partial charge is 0.370 e. The van der Waals surface area contributed by atoms with Crippen LogP contribution in [0, 0.1) is 11.8 Å². The summed E-state index contributed by atoms with van der Waals surface area (Å²) < 4.78 is 20.8. The van der Waals surface area contributed by atoms with Crippen molar-refractivity contribution in [3.63, 3.8) is 0 Å². The van der Waals surface area contributed by atoms with Crippen molar-refractivity contribution < 1.29 is 33.1 Å². The highest BCUT2D eigenvalue weighted by Crippen LogP contribution is 2.48. The van der Waals surface area contributed by atoms with Gasteiger partial charge in [-0.2, -0.15) is 0 Å². The summed E-state index contributed by atoms with van der Waals surface area (Å²) in [6.45, 7) is 8.14. The van der Waals surface area contributed by atoms with E-state index in [1.165, 1.54) is 13.2 Å². The second-order valence-corrected chi connectivity index (χ2v) is 16.9. The molecule has 14 nitrogen and oxygen atoms in total. The number of aromatic nitrogens is 1. The summed E-state index contributed by atoms with van der Waals surface area (Å²) in [5, 5.41) is 14.9. The molecule has 3 aromatic carbocycles. The number of carbonyl (C=O) groups is 5. The summed E-state index contributed by atoms with van der Waals surface area (Å²) >= 11 is 0. The standard InChI is InChI=1S/C42H54N7O7P/c1-6-28(4)38(42(54)44-26-27(2)3)48-41(53)35(23-29-15-9-7-10-16-29)49-57(55,56-5)37(24-30-17-11-8-12-18-30)47-40(52)34(25-36(43)50)46-39(51)33-22-21-31-19-13-14-20-32(31)45-33/h7-22,27-28,34-35,37-38H,6,23-26H2,1-5H3,(H2,43,50)(H,44,54)(H,46,51)(H,47,52)(H,48,53)(H,49,55)/t28-,34+,35+,37?,38-,57?/m0/s1. The molecule has 0 fully saturated rings. The van der Waals surface area contributed by atoms with E-state index in [9.17, 15) is 24.0 Å². The molecule has 0 aliphatic heterocycles. The molecule has 0 spiro atoms. The lowest BCUT2D eigenvalue weighted by Crippen LogP contribution is -2.56. The van der Waals surface area contributed by atoms with Gasteiger partial charge >= 0.3 is 0 Å². The number of nitrogens with zero attached hydrogens (tertiary/aromatic N) is 1. The highest BCUT2D eigenvalue weighted by Gasteiger charge is 2.41. The SMILES string of the molecule is CC[C@H](C)[C@H](NC(=O)[C@@H](Cc1ccccc1)NP(=O)(OC)C(Cc1ccccc1)NC(=O)[C@@H](CC(N)=O)NC(=O)c1ccc2ccccc2n1)C(=O)NCC(C)C. The minimum atomic E-state index is -4.28. The van der Waals surface area contributed by atoms with Gasteiger partial charge in [0.2, 0.25) is 23.6 Å². The van der Waals surface area contributed by atoms with Crippen LogP contribution in [0.2, 0.25) is 0 Å². The molecule has 2 unspecified atom stereocenters. The first-order valence-corrected chi connectivity index (χ1v) is 20.8. The van der Waals surface area contributed by atoms with Crippen LogP contribution >= 0.6 is 7.52 Å². The van der Waals surface area contributed by atoms with Gasteiger partial charge < -0.3 is 31.5 Å². The van der Waals surface area contributed by atoms with Gasteiger partial charge in [0.05, 0.1) is 18.0 Å². The van der Waals surface area contributed by atoms with Crippen molar-refractivity contribution in [2.45, 2.75) is 77.3 Å². The molecule has 4 aromatic rings. The van der Waals surface area contributed by atoms with Crippen molar-refractivity contribution in [3.8, 4) is 0 Å². The molecule has 6 atom stereocenters. The van der Waals surface area contributed by atoms with Gasteiger partial charge in [0, 0.05) is 25.5 Å². The van der Waals surface area contributed by atoms with Gasteiger partial charge in [0.25, 0.3) is 13.4 Å². The Morgan fingerprint density at radius 2 is 1.33 bits per heavy atom. The van der Waals surface area contributed by atoms with E-state index in [1.54, 1.807) is 60.7 Å². The number of carbonyl (C=O) groups excluding carboxylic acids is 5. The van der Waals surface area contributed by atoms with Crippen LogP contribution in [-0.2, 0) is 41.1 Å². The molecule has 0 aliphatic carbocycles. The average molecular weight is 800 g/mol. The molecule has 304 valence electrons. The van der Waals surface area contributed by atoms with E-state index < -0.39 is 61.5 Å². The molecule has 57 heavy (non-hydrogen) atoms. The smallest absolute Gasteiger partial charge is 0.292 e. The zero-order chi connectivity index (χ0) is 41.5. The van der Waals surface area contributed by atoms with Crippen molar-refractivity contribution in [2.24, 2.45) is 17.6 Å². The summed E-state index contributed by atoms with van der Waals surface area (Å²) in [6, 6.07) is 24.8. The Kier molecular flexibility index (Phi) is 16.5. The lowest BCUT2D eigenvalue weighted by Gasteiger charge is -2.33. The molecule has 5 amide bonds. The molecule has 0 aliphatic rings. The molecule has 0 saturated heterocycles. The fourth-order valence-corrected chi connectivity index (χ4v) is 8.03. The second kappa shape index (κ2) is 21.2.